The van der Waals surface area contributed by atoms with Gasteiger partial charge in [0.15, 0.2) is 28.6 Å². The Kier molecular flexibility index (Phi) is 33.6. The van der Waals surface area contributed by atoms with Gasteiger partial charge in [0.1, 0.15) is 32.9 Å². The van der Waals surface area contributed by atoms with Gasteiger partial charge in [0, 0.05) is 92.9 Å². The summed E-state index contributed by atoms with van der Waals surface area (Å²) in [4.78, 5) is 177. The van der Waals surface area contributed by atoms with E-state index in [1.165, 1.54) is 121 Å². The molecular weight excluding hydrogens is 1860 g/mol. The summed E-state index contributed by atoms with van der Waals surface area (Å²) in [7, 11) is 0. The number of para-hydroxylation sites is 1. The second-order valence-corrected chi connectivity index (χ2v) is 27.8. The molecule has 41 nitrogen and oxygen atoms in total. The number of aromatic nitrogens is 1. The number of amides is 8. The lowest BCUT2D eigenvalue weighted by molar-refractivity contribution is -0.465. The Hall–Kier alpha value is -16.0. The van der Waals surface area contributed by atoms with Crippen LogP contribution in [0.25, 0.3) is 17.2 Å². The molecule has 0 bridgehead atoms. The van der Waals surface area contributed by atoms with Crippen LogP contribution in [-0.2, 0) is 24.0 Å². The van der Waals surface area contributed by atoms with Crippen molar-refractivity contribution < 1.29 is 109 Å². The maximum Gasteiger partial charge on any atom is 0.433 e. The number of non-ortho nitro benzene ring substituents is 2. The molecule has 0 saturated heterocycles. The highest BCUT2D eigenvalue weighted by Crippen LogP contribution is 2.40. The standard InChI is InChI=1S/C31H21BrN4O8.C16H17Br2N3O5.C14H11FN4O5.C11H7FN2O4.C8H6N2O4/c32-23-9-13-26(44-31(39)21-7-10-24(11-8-21)36(40)41)22(16-23)17-33-35-30(38)25(34-29(37)20-4-2-1-3-5-20)14-19-6-12-27-28(15-19)43-18-42-27;1-10-8-16(24)20(15(23)5-7-18)12-3-2-11(21(25)26)9-13(12)19(10)14(22)4-6-17;15-11-4-2-1-3-10(11)14(21)16-8-12(20)18-17-7-9-5-6-13(24-9)19(22)23;12-7-3-1-2-4-8(7)13-11(15)9-5-6-10(18-9)14(16)17;11-7(4-10(12)13)6-3-8-5(9-6)1-2-14-8/h1-17H,18H2,(H,34,37)(H,35,38);2-3,9-10H,4-8H2,1H3;1-7H,8H2,(H,16,21)(H,18,20);1-6H,(H,13,15);1-3,9H,4H2/b25-14+,33-17+;;17-7+;;. The van der Waals surface area contributed by atoms with E-state index in [9.17, 15) is 107 Å². The Bertz CT molecular complexity index is 6050. The van der Waals surface area contributed by atoms with Gasteiger partial charge in [-0.3, -0.25) is 93.7 Å². The molecule has 4 aromatic heterocycles. The van der Waals surface area contributed by atoms with Crippen LogP contribution >= 0.6 is 47.8 Å². The predicted octanol–water partition coefficient (Wildman–Crippen LogP) is 13.4. The predicted molar refractivity (Wildman–Crippen MR) is 453 cm³/mol. The van der Waals surface area contributed by atoms with Crippen LogP contribution in [-0.4, -0.2) is 138 Å². The summed E-state index contributed by atoms with van der Waals surface area (Å²) in [6, 6.07) is 45.1. The Morgan fingerprint density at radius 3 is 1.94 bits per heavy atom. The Morgan fingerprint density at radius 1 is 0.627 bits per heavy atom. The average Bonchev–Trinajstić information content (AvgIpc) is 1.69. The highest BCUT2D eigenvalue weighted by molar-refractivity contribution is 9.10. The molecule has 2 aliphatic rings. The minimum Gasteiger partial charge on any atom is -0.463 e. The van der Waals surface area contributed by atoms with Crippen LogP contribution in [0.2, 0.25) is 0 Å². The number of anilines is 3. The number of nitrogens with one attached hydrogen (secondary N) is 6. The largest absolute Gasteiger partial charge is 0.463 e. The molecule has 13 rings (SSSR count). The number of fused-ring (bicyclic) bond motifs is 3. The Labute approximate surface area is 730 Å². The third-order valence-electron chi connectivity index (χ3n) is 16.7. The number of carbonyl (C=O) groups is 10. The van der Waals surface area contributed by atoms with Gasteiger partial charge in [0.25, 0.3) is 47.5 Å². The molecule has 1 atom stereocenters. The lowest BCUT2D eigenvalue weighted by Crippen LogP contribution is -2.40. The molecule has 0 radical (unpaired) electrons. The van der Waals surface area contributed by atoms with Crippen LogP contribution in [0.1, 0.15) is 95.2 Å². The van der Waals surface area contributed by atoms with Gasteiger partial charge in [-0.05, 0) is 116 Å². The molecule has 8 amide bonds. The van der Waals surface area contributed by atoms with Gasteiger partial charge in [0.05, 0.1) is 86.6 Å². The molecular formula is C80H62Br3F2N15O26. The number of nitrogens with zero attached hydrogens (tertiary/aromatic N) is 9. The van der Waals surface area contributed by atoms with Crippen molar-refractivity contribution in [2.45, 2.75) is 32.2 Å². The molecule has 6 heterocycles. The normalized spacial score (nSPS) is 12.3. The second kappa shape index (κ2) is 45.0. The molecule has 0 aliphatic carbocycles. The van der Waals surface area contributed by atoms with Gasteiger partial charge in [-0.25, -0.2) is 29.3 Å². The first-order chi connectivity index (χ1) is 60.3. The monoisotopic (exact) mass is 1920 g/mol. The quantitative estimate of drug-likeness (QED) is 0.00428. The number of esters is 1. The summed E-state index contributed by atoms with van der Waals surface area (Å²) in [5.74, 6) is -7.19. The Balaban J connectivity index is 0.000000189. The fraction of sp³-hybridized carbons (Fsp3) is 0.125. The number of nitro groups is 5. The zero-order valence-corrected chi connectivity index (χ0v) is 69.3. The summed E-state index contributed by atoms with van der Waals surface area (Å²) >= 11 is 9.74. The number of alkyl halides is 2. The van der Waals surface area contributed by atoms with Crippen molar-refractivity contribution in [1.29, 1.82) is 0 Å². The van der Waals surface area contributed by atoms with Gasteiger partial charge in [-0.15, -0.1) is 0 Å². The maximum atomic E-state index is 13.4. The number of H-pyrrole nitrogens is 1. The minimum absolute atomic E-state index is 0.0263. The number of ketones is 1. The number of nitro benzene ring substituents is 2. The number of Topliss-reactive ketones (excluding diaryl/α,β-unsaturated/α-hetero) is 1. The fourth-order valence-electron chi connectivity index (χ4n) is 10.9. The number of imide groups is 1. The van der Waals surface area contributed by atoms with E-state index in [1.807, 2.05) is 0 Å². The van der Waals surface area contributed by atoms with Crippen LogP contribution in [0.15, 0.2) is 234 Å². The minimum atomic E-state index is -0.764. The number of halogens is 5. The van der Waals surface area contributed by atoms with E-state index in [0.29, 0.717) is 54.4 Å². The summed E-state index contributed by atoms with van der Waals surface area (Å²) in [6.07, 6.45) is 5.46. The first-order valence-electron chi connectivity index (χ1n) is 36.1. The number of hydrazone groups is 2. The van der Waals surface area contributed by atoms with Gasteiger partial charge in [-0.1, -0.05) is 96.3 Å². The molecule has 0 spiro atoms. The lowest BCUT2D eigenvalue weighted by Gasteiger charge is -2.28. The summed E-state index contributed by atoms with van der Waals surface area (Å²) in [6.45, 7) is 0.632. The number of benzene rings is 7. The molecule has 11 aromatic rings. The highest BCUT2D eigenvalue weighted by atomic mass is 79.9. The van der Waals surface area contributed by atoms with E-state index >= 15 is 0 Å². The molecule has 1 unspecified atom stereocenters. The third-order valence-corrected chi connectivity index (χ3v) is 18.0. The fourth-order valence-corrected chi connectivity index (χ4v) is 12.0. The molecule has 0 fully saturated rings. The van der Waals surface area contributed by atoms with Crippen LogP contribution in [0.4, 0.5) is 49.0 Å². The lowest BCUT2D eigenvalue weighted by atomic mass is 10.1. The first kappa shape index (κ1) is 93.9. The molecule has 2 aliphatic heterocycles. The smallest absolute Gasteiger partial charge is 0.433 e. The van der Waals surface area contributed by atoms with E-state index < -0.39 is 120 Å². The summed E-state index contributed by atoms with van der Waals surface area (Å²) in [5.41, 5.74) is 6.88. The molecule has 648 valence electrons. The summed E-state index contributed by atoms with van der Waals surface area (Å²) < 4.78 is 58.0. The number of hydrogen-bond donors (Lipinski definition) is 6. The van der Waals surface area contributed by atoms with Crippen molar-refractivity contribution in [3.63, 3.8) is 0 Å². The number of rotatable bonds is 26. The topological polar surface area (TPSA) is 561 Å². The van der Waals surface area contributed by atoms with E-state index in [2.05, 4.69) is 94.2 Å². The van der Waals surface area contributed by atoms with Crippen LogP contribution in [0.5, 0.6) is 17.2 Å². The molecule has 7 aromatic carbocycles. The van der Waals surface area contributed by atoms with Crippen molar-refractivity contribution in [1.82, 2.24) is 26.5 Å². The van der Waals surface area contributed by atoms with Crippen molar-refractivity contribution in [2.75, 3.05) is 45.7 Å². The van der Waals surface area contributed by atoms with Crippen molar-refractivity contribution in [3.8, 4) is 17.2 Å². The average molecular weight is 1930 g/mol. The number of ether oxygens (including phenoxy) is 3. The van der Waals surface area contributed by atoms with Crippen LogP contribution < -0.4 is 50.8 Å². The van der Waals surface area contributed by atoms with E-state index in [1.54, 1.807) is 79.7 Å². The van der Waals surface area contributed by atoms with Crippen molar-refractivity contribution in [2.24, 2.45) is 10.2 Å². The van der Waals surface area contributed by atoms with Crippen LogP contribution in [0, 0.1) is 62.2 Å². The Morgan fingerprint density at radius 2 is 1.28 bits per heavy atom. The van der Waals surface area contributed by atoms with Crippen LogP contribution in [0.3, 0.4) is 0 Å². The van der Waals surface area contributed by atoms with Gasteiger partial charge < -0.3 is 53.3 Å². The van der Waals surface area contributed by atoms with Crippen molar-refractivity contribution in [3.05, 3.63) is 318 Å². The van der Waals surface area contributed by atoms with E-state index in [4.69, 9.17) is 23.0 Å². The van der Waals surface area contributed by atoms with Gasteiger partial charge in [-0.2, -0.15) is 10.2 Å². The second-order valence-electron chi connectivity index (χ2n) is 25.3. The number of hydrogen-bond acceptors (Lipinski definition) is 28. The molecule has 0 saturated carbocycles. The van der Waals surface area contributed by atoms with E-state index in [-0.39, 0.29) is 100 Å². The van der Waals surface area contributed by atoms with E-state index in [0.717, 1.165) is 35.4 Å². The number of carbonyl (C=O) groups excluding carboxylic acids is 10. The third kappa shape index (κ3) is 26.5. The van der Waals surface area contributed by atoms with Gasteiger partial charge in [0.2, 0.25) is 30.3 Å². The molecule has 46 heteroatoms. The zero-order chi connectivity index (χ0) is 91.3. The number of furan rings is 3. The molecule has 6 N–H and O–H groups in total. The SMILES string of the molecule is CC1CC(=O)N(C(=O)CCBr)c2ccc([N+](=O)[O-])cc2N1C(=O)CCBr.O=C(CNC(=O)c1ccccc1F)N/N=C/c1ccc([N+](=O)[O-])o1.O=C(C[N+](=O)[O-])c1cc2occc2[nH]1.O=C(N/N=C/c1cc(Br)ccc1OC(=O)c1ccc([N+](=O)[O-])cc1)/C(=C\c1ccc2c(c1)OCO2)NC(=O)c1ccccc1.O=C(Nc1ccccc1F)c1ccc([N+](=O)[O-])o1. The molecule has 126 heavy (non-hydrogen) atoms. The van der Waals surface area contributed by atoms with Crippen molar-refractivity contribution >= 4 is 177 Å². The zero-order valence-electron chi connectivity index (χ0n) is 64.5. The first-order valence-corrected chi connectivity index (χ1v) is 39.1. The highest BCUT2D eigenvalue weighted by Gasteiger charge is 2.38. The van der Waals surface area contributed by atoms with Gasteiger partial charge >= 0.3 is 17.7 Å². The maximum absolute atomic E-state index is 13.4. The number of aromatic amines is 1. The summed E-state index contributed by atoms with van der Waals surface area (Å²) in [5, 5.41) is 68.4.